The van der Waals surface area contributed by atoms with Gasteiger partial charge in [-0.1, -0.05) is 6.92 Å². The van der Waals surface area contributed by atoms with E-state index in [9.17, 15) is 9.59 Å². The summed E-state index contributed by atoms with van der Waals surface area (Å²) in [4.78, 5) is 31.5. The van der Waals surface area contributed by atoms with Crippen LogP contribution in [0, 0.1) is 12.8 Å². The molecule has 1 aliphatic carbocycles. The molecule has 25 heavy (non-hydrogen) atoms. The maximum atomic E-state index is 13.4. The fraction of sp³-hybridized carbons (Fsp3) is 0.737. The Balaban J connectivity index is 1.77. The summed E-state index contributed by atoms with van der Waals surface area (Å²) >= 11 is 0. The minimum absolute atomic E-state index is 0.108. The summed E-state index contributed by atoms with van der Waals surface area (Å²) in [5.41, 5.74) is -0.704. The van der Waals surface area contributed by atoms with Gasteiger partial charge in [-0.25, -0.2) is 4.98 Å². The standard InChI is InChI=1S/C19H30N4O2/c1-14-6-8-19(9-7-14,21-16(3)24)18(25)22-11-4-5-17(13-22)23-12-10-20-15(23)2/h10,12,14,17H,4-9,11,13H2,1-3H3,(H,21,24)/t14?,17-,19?/m0/s1. The molecular formula is C19H30N4O2. The lowest BCUT2D eigenvalue weighted by atomic mass is 9.76. The Kier molecular flexibility index (Phi) is 5.16. The second-order valence-electron chi connectivity index (χ2n) is 7.87. The summed E-state index contributed by atoms with van der Waals surface area (Å²) in [5, 5.41) is 3.02. The van der Waals surface area contributed by atoms with Crippen LogP contribution in [0.25, 0.3) is 0 Å². The summed E-state index contributed by atoms with van der Waals surface area (Å²) < 4.78 is 2.17. The molecule has 0 bridgehead atoms. The van der Waals surface area contributed by atoms with Crippen LogP contribution in [0.2, 0.25) is 0 Å². The van der Waals surface area contributed by atoms with Gasteiger partial charge in [-0.15, -0.1) is 0 Å². The largest absolute Gasteiger partial charge is 0.342 e. The average molecular weight is 346 g/mol. The number of aryl methyl sites for hydroxylation is 1. The maximum Gasteiger partial charge on any atom is 0.248 e. The van der Waals surface area contributed by atoms with E-state index in [1.54, 1.807) is 0 Å². The van der Waals surface area contributed by atoms with Gasteiger partial charge in [0.2, 0.25) is 11.8 Å². The quantitative estimate of drug-likeness (QED) is 0.914. The number of likely N-dealkylation sites (tertiary alicyclic amines) is 1. The molecule has 1 aromatic heterocycles. The SMILES string of the molecule is CC(=O)NC1(C(=O)N2CCC[C@H](n3ccnc3C)C2)CCC(C)CC1. The van der Waals surface area contributed by atoms with Gasteiger partial charge in [0, 0.05) is 32.4 Å². The van der Waals surface area contributed by atoms with Crippen molar-refractivity contribution in [2.75, 3.05) is 13.1 Å². The number of hydrogen-bond donors (Lipinski definition) is 1. The van der Waals surface area contributed by atoms with Crippen LogP contribution in [0.15, 0.2) is 12.4 Å². The van der Waals surface area contributed by atoms with E-state index in [-0.39, 0.29) is 17.9 Å². The molecule has 2 fully saturated rings. The van der Waals surface area contributed by atoms with Crippen LogP contribution >= 0.6 is 0 Å². The highest BCUT2D eigenvalue weighted by atomic mass is 16.2. The molecule has 6 heteroatoms. The molecular weight excluding hydrogens is 316 g/mol. The van der Waals surface area contributed by atoms with Crippen molar-refractivity contribution in [1.29, 1.82) is 0 Å². The van der Waals surface area contributed by atoms with E-state index in [2.05, 4.69) is 21.8 Å². The zero-order valence-corrected chi connectivity index (χ0v) is 15.6. The van der Waals surface area contributed by atoms with Gasteiger partial charge < -0.3 is 14.8 Å². The minimum Gasteiger partial charge on any atom is -0.342 e. The van der Waals surface area contributed by atoms with Crippen LogP contribution in [0.4, 0.5) is 0 Å². The highest BCUT2D eigenvalue weighted by molar-refractivity contribution is 5.91. The van der Waals surface area contributed by atoms with E-state index in [0.29, 0.717) is 12.5 Å². The highest BCUT2D eigenvalue weighted by Crippen LogP contribution is 2.35. The third kappa shape index (κ3) is 3.72. The number of carbonyl (C=O) groups is 2. The van der Waals surface area contributed by atoms with E-state index in [1.807, 2.05) is 24.2 Å². The lowest BCUT2D eigenvalue weighted by Crippen LogP contribution is -2.61. The van der Waals surface area contributed by atoms with Crippen LogP contribution in [0.5, 0.6) is 0 Å². The number of imidazole rings is 1. The Morgan fingerprint density at radius 1 is 1.28 bits per heavy atom. The topological polar surface area (TPSA) is 67.2 Å². The molecule has 0 unspecified atom stereocenters. The van der Waals surface area contributed by atoms with Gasteiger partial charge in [-0.05, 0) is 51.4 Å². The van der Waals surface area contributed by atoms with Gasteiger partial charge in [-0.3, -0.25) is 9.59 Å². The van der Waals surface area contributed by atoms with Crippen molar-refractivity contribution in [2.24, 2.45) is 5.92 Å². The molecule has 1 N–H and O–H groups in total. The van der Waals surface area contributed by atoms with Crippen LogP contribution in [-0.4, -0.2) is 44.9 Å². The van der Waals surface area contributed by atoms with Gasteiger partial charge in [-0.2, -0.15) is 0 Å². The molecule has 2 amide bonds. The molecule has 138 valence electrons. The van der Waals surface area contributed by atoms with Crippen LogP contribution in [0.1, 0.15) is 64.2 Å². The summed E-state index contributed by atoms with van der Waals surface area (Å²) in [6, 6.07) is 0.275. The monoisotopic (exact) mass is 346 g/mol. The second kappa shape index (κ2) is 7.18. The molecule has 6 nitrogen and oxygen atoms in total. The Morgan fingerprint density at radius 2 is 2.00 bits per heavy atom. The number of rotatable bonds is 3. The first kappa shape index (κ1) is 18.0. The first-order chi connectivity index (χ1) is 11.9. The van der Waals surface area contributed by atoms with Gasteiger partial charge >= 0.3 is 0 Å². The highest BCUT2D eigenvalue weighted by Gasteiger charge is 2.45. The van der Waals surface area contributed by atoms with E-state index < -0.39 is 5.54 Å². The minimum atomic E-state index is -0.704. The van der Waals surface area contributed by atoms with Crippen LogP contribution < -0.4 is 5.32 Å². The first-order valence-electron chi connectivity index (χ1n) is 9.49. The zero-order valence-electron chi connectivity index (χ0n) is 15.6. The number of piperidine rings is 1. The Labute approximate surface area is 150 Å². The lowest BCUT2D eigenvalue weighted by molar-refractivity contribution is -0.145. The Hall–Kier alpha value is -1.85. The number of carbonyl (C=O) groups excluding carboxylic acids is 2. The fourth-order valence-electron chi connectivity index (χ4n) is 4.43. The number of nitrogens with one attached hydrogen (secondary N) is 1. The third-order valence-electron chi connectivity index (χ3n) is 5.89. The number of hydrogen-bond acceptors (Lipinski definition) is 3. The average Bonchev–Trinajstić information content (AvgIpc) is 3.02. The molecule has 1 atom stereocenters. The Bertz CT molecular complexity index is 631. The molecule has 0 aromatic carbocycles. The van der Waals surface area contributed by atoms with E-state index in [0.717, 1.165) is 50.9 Å². The normalized spacial score (nSPS) is 30.1. The third-order valence-corrected chi connectivity index (χ3v) is 5.89. The van der Waals surface area contributed by atoms with Crippen molar-refractivity contribution in [3.8, 4) is 0 Å². The number of aromatic nitrogens is 2. The fourth-order valence-corrected chi connectivity index (χ4v) is 4.43. The molecule has 3 rings (SSSR count). The predicted molar refractivity (Wildman–Crippen MR) is 96.0 cm³/mol. The van der Waals surface area contributed by atoms with Crippen molar-refractivity contribution >= 4 is 11.8 Å². The molecule has 2 heterocycles. The van der Waals surface area contributed by atoms with E-state index in [4.69, 9.17) is 0 Å². The maximum absolute atomic E-state index is 13.4. The molecule has 0 radical (unpaired) electrons. The second-order valence-corrected chi connectivity index (χ2v) is 7.87. The smallest absolute Gasteiger partial charge is 0.248 e. The van der Waals surface area contributed by atoms with E-state index in [1.165, 1.54) is 6.92 Å². The Morgan fingerprint density at radius 3 is 2.60 bits per heavy atom. The zero-order chi connectivity index (χ0) is 18.0. The summed E-state index contributed by atoms with van der Waals surface area (Å²) in [7, 11) is 0. The predicted octanol–water partition coefficient (Wildman–Crippen LogP) is 2.44. The van der Waals surface area contributed by atoms with Gasteiger partial charge in [0.25, 0.3) is 0 Å². The van der Waals surface area contributed by atoms with Gasteiger partial charge in [0.1, 0.15) is 11.4 Å². The van der Waals surface area contributed by atoms with Crippen molar-refractivity contribution in [3.63, 3.8) is 0 Å². The molecule has 1 saturated heterocycles. The lowest BCUT2D eigenvalue weighted by Gasteiger charge is -2.44. The van der Waals surface area contributed by atoms with Gasteiger partial charge in [0.05, 0.1) is 6.04 Å². The van der Waals surface area contributed by atoms with Crippen molar-refractivity contribution in [3.05, 3.63) is 18.2 Å². The molecule has 1 saturated carbocycles. The van der Waals surface area contributed by atoms with Crippen LogP contribution in [-0.2, 0) is 9.59 Å². The first-order valence-corrected chi connectivity index (χ1v) is 9.49. The molecule has 1 aromatic rings. The summed E-state index contributed by atoms with van der Waals surface area (Å²) in [6.45, 7) is 7.22. The molecule has 2 aliphatic rings. The summed E-state index contributed by atoms with van der Waals surface area (Å²) in [6.07, 6.45) is 9.34. The van der Waals surface area contributed by atoms with Crippen LogP contribution in [0.3, 0.4) is 0 Å². The van der Waals surface area contributed by atoms with E-state index >= 15 is 0 Å². The van der Waals surface area contributed by atoms with Crippen molar-refractivity contribution < 1.29 is 9.59 Å². The molecule has 1 aliphatic heterocycles. The van der Waals surface area contributed by atoms with Gasteiger partial charge in [0.15, 0.2) is 0 Å². The van der Waals surface area contributed by atoms with Crippen molar-refractivity contribution in [2.45, 2.75) is 70.9 Å². The summed E-state index contributed by atoms with van der Waals surface area (Å²) in [5.74, 6) is 1.61. The molecule has 0 spiro atoms. The number of amides is 2. The van der Waals surface area contributed by atoms with Crippen molar-refractivity contribution in [1.82, 2.24) is 19.8 Å². The number of nitrogens with zero attached hydrogens (tertiary/aromatic N) is 3.